The maximum Gasteiger partial charge on any atom is 0.231 e. The maximum absolute atomic E-state index is 5.69. The summed E-state index contributed by atoms with van der Waals surface area (Å²) in [6.07, 6.45) is 1.53. The minimum atomic E-state index is 0.181. The van der Waals surface area contributed by atoms with Gasteiger partial charge in [-0.2, -0.15) is 0 Å². The fourth-order valence-electron chi connectivity index (χ4n) is 1.75. The molecule has 0 aliphatic carbocycles. The van der Waals surface area contributed by atoms with Crippen LogP contribution in [0, 0.1) is 0 Å². The second-order valence-electron chi connectivity index (χ2n) is 3.51. The number of hydrogen-bond donors (Lipinski definition) is 1. The Morgan fingerprint density at radius 1 is 1.29 bits per heavy atom. The number of anilines is 1. The molecule has 2 N–H and O–H groups in total. The van der Waals surface area contributed by atoms with Gasteiger partial charge in [0.15, 0.2) is 11.5 Å². The van der Waals surface area contributed by atoms with Crippen LogP contribution < -0.4 is 19.9 Å². The lowest BCUT2D eigenvalue weighted by atomic mass is 10.1. The van der Waals surface area contributed by atoms with Gasteiger partial charge in [0.25, 0.3) is 0 Å². The molecule has 6 heteroatoms. The van der Waals surface area contributed by atoms with Crippen molar-refractivity contribution in [2.75, 3.05) is 19.6 Å². The van der Waals surface area contributed by atoms with Crippen molar-refractivity contribution in [1.29, 1.82) is 0 Å². The first-order chi connectivity index (χ1) is 8.29. The fraction of sp³-hybridized carbons (Fsp3) is 0.182. The van der Waals surface area contributed by atoms with Crippen LogP contribution in [-0.2, 0) is 0 Å². The molecule has 0 saturated heterocycles. The average molecular weight is 234 g/mol. The third-order valence-electron chi connectivity index (χ3n) is 2.57. The molecule has 1 aliphatic heterocycles. The van der Waals surface area contributed by atoms with Crippen LogP contribution in [0.4, 0.5) is 5.88 Å². The summed E-state index contributed by atoms with van der Waals surface area (Å²) in [5, 5.41) is 3.64. The number of nitrogens with zero attached hydrogens (tertiary/aromatic N) is 1. The summed E-state index contributed by atoms with van der Waals surface area (Å²) in [4.78, 5) is 0. The molecule has 0 fully saturated rings. The van der Waals surface area contributed by atoms with Gasteiger partial charge in [0.2, 0.25) is 12.7 Å². The van der Waals surface area contributed by atoms with Crippen LogP contribution in [0.1, 0.15) is 0 Å². The highest BCUT2D eigenvalue weighted by atomic mass is 16.7. The Labute approximate surface area is 96.9 Å². The molecule has 2 heterocycles. The summed E-state index contributed by atoms with van der Waals surface area (Å²) in [5.74, 6) is 2.14. The summed E-state index contributed by atoms with van der Waals surface area (Å²) >= 11 is 0. The van der Waals surface area contributed by atoms with Crippen LogP contribution >= 0.6 is 0 Å². The molecule has 88 valence electrons. The van der Waals surface area contributed by atoms with Gasteiger partial charge in [-0.05, 0) is 6.07 Å². The summed E-state index contributed by atoms with van der Waals surface area (Å²) in [6, 6.07) is 3.56. The topological polar surface area (TPSA) is 79.7 Å². The van der Waals surface area contributed by atoms with E-state index in [2.05, 4.69) is 5.16 Å². The van der Waals surface area contributed by atoms with E-state index in [0.29, 0.717) is 22.8 Å². The van der Waals surface area contributed by atoms with Gasteiger partial charge in [0.1, 0.15) is 5.75 Å². The van der Waals surface area contributed by atoms with Crippen molar-refractivity contribution in [3.63, 3.8) is 0 Å². The monoisotopic (exact) mass is 234 g/mol. The molecule has 1 aromatic heterocycles. The van der Waals surface area contributed by atoms with Crippen molar-refractivity contribution < 1.29 is 18.7 Å². The molecule has 3 rings (SSSR count). The van der Waals surface area contributed by atoms with Crippen LogP contribution in [0.3, 0.4) is 0 Å². The molecule has 0 unspecified atom stereocenters. The molecule has 0 saturated carbocycles. The van der Waals surface area contributed by atoms with Crippen LogP contribution in [0.5, 0.6) is 17.2 Å². The standard InChI is InChI=1S/C11H10N2O4/c1-14-6-2-7(8-4-13-17-11(8)12)10-9(3-6)15-5-16-10/h2-4H,5,12H2,1H3. The highest BCUT2D eigenvalue weighted by molar-refractivity contribution is 5.81. The number of hydrogen-bond acceptors (Lipinski definition) is 6. The minimum absolute atomic E-state index is 0.181. The van der Waals surface area contributed by atoms with Gasteiger partial charge in [-0.25, -0.2) is 0 Å². The Morgan fingerprint density at radius 2 is 2.18 bits per heavy atom. The zero-order chi connectivity index (χ0) is 11.8. The largest absolute Gasteiger partial charge is 0.497 e. The number of methoxy groups -OCH3 is 1. The number of nitrogen functional groups attached to an aromatic ring is 1. The van der Waals surface area contributed by atoms with Gasteiger partial charge >= 0.3 is 0 Å². The number of rotatable bonds is 2. The van der Waals surface area contributed by atoms with Crippen molar-refractivity contribution in [3.05, 3.63) is 18.3 Å². The maximum atomic E-state index is 5.69. The number of fused-ring (bicyclic) bond motifs is 1. The molecule has 0 atom stereocenters. The smallest absolute Gasteiger partial charge is 0.231 e. The van der Waals surface area contributed by atoms with E-state index in [0.717, 1.165) is 5.56 Å². The number of aromatic nitrogens is 1. The molecule has 0 spiro atoms. The molecular weight excluding hydrogens is 224 g/mol. The van der Waals surface area contributed by atoms with Gasteiger partial charge in [-0.15, -0.1) is 0 Å². The lowest BCUT2D eigenvalue weighted by Crippen LogP contribution is -1.94. The quantitative estimate of drug-likeness (QED) is 0.851. The van der Waals surface area contributed by atoms with Gasteiger partial charge in [-0.1, -0.05) is 5.16 Å². The molecule has 1 aliphatic rings. The lowest BCUT2D eigenvalue weighted by Gasteiger charge is -2.07. The van der Waals surface area contributed by atoms with Gasteiger partial charge in [0, 0.05) is 11.6 Å². The molecule has 0 bridgehead atoms. The molecule has 17 heavy (non-hydrogen) atoms. The van der Waals surface area contributed by atoms with Crippen molar-refractivity contribution >= 4 is 5.88 Å². The first-order valence-corrected chi connectivity index (χ1v) is 4.97. The van der Waals surface area contributed by atoms with E-state index in [-0.39, 0.29) is 12.7 Å². The van der Waals surface area contributed by atoms with E-state index in [1.54, 1.807) is 19.2 Å². The van der Waals surface area contributed by atoms with E-state index in [1.807, 2.05) is 0 Å². The third kappa shape index (κ3) is 1.45. The van der Waals surface area contributed by atoms with Crippen molar-refractivity contribution in [2.24, 2.45) is 0 Å². The Kier molecular flexibility index (Phi) is 2.07. The predicted octanol–water partition coefficient (Wildman–Crippen LogP) is 1.66. The SMILES string of the molecule is COc1cc2c(c(-c3cnoc3N)c1)OCO2. The van der Waals surface area contributed by atoms with Crippen molar-refractivity contribution in [1.82, 2.24) is 5.16 Å². The molecule has 2 aromatic rings. The normalized spacial score (nSPS) is 12.8. The second-order valence-corrected chi connectivity index (χ2v) is 3.51. The molecule has 1 aromatic carbocycles. The van der Waals surface area contributed by atoms with Gasteiger partial charge < -0.3 is 24.5 Å². The van der Waals surface area contributed by atoms with E-state index in [4.69, 9.17) is 24.5 Å². The predicted molar refractivity (Wildman–Crippen MR) is 59.0 cm³/mol. The summed E-state index contributed by atoms with van der Waals surface area (Å²) in [6.45, 7) is 0.181. The molecule has 6 nitrogen and oxygen atoms in total. The zero-order valence-corrected chi connectivity index (χ0v) is 9.10. The Hall–Kier alpha value is -2.37. The minimum Gasteiger partial charge on any atom is -0.497 e. The highest BCUT2D eigenvalue weighted by Gasteiger charge is 2.23. The van der Waals surface area contributed by atoms with Crippen molar-refractivity contribution in [2.45, 2.75) is 0 Å². The van der Waals surface area contributed by atoms with Crippen molar-refractivity contribution in [3.8, 4) is 28.4 Å². The average Bonchev–Trinajstić information content (AvgIpc) is 2.95. The third-order valence-corrected chi connectivity index (χ3v) is 2.57. The molecule has 0 amide bonds. The lowest BCUT2D eigenvalue weighted by molar-refractivity contribution is 0.174. The van der Waals surface area contributed by atoms with Crippen LogP contribution in [0.15, 0.2) is 22.9 Å². The van der Waals surface area contributed by atoms with Gasteiger partial charge in [-0.3, -0.25) is 0 Å². The summed E-state index contributed by atoms with van der Waals surface area (Å²) < 4.78 is 20.8. The van der Waals surface area contributed by atoms with Crippen LogP contribution in [0.25, 0.3) is 11.1 Å². The van der Waals surface area contributed by atoms with E-state index in [9.17, 15) is 0 Å². The number of benzene rings is 1. The van der Waals surface area contributed by atoms with E-state index >= 15 is 0 Å². The molecular formula is C11H10N2O4. The van der Waals surface area contributed by atoms with E-state index in [1.165, 1.54) is 6.20 Å². The van der Waals surface area contributed by atoms with E-state index < -0.39 is 0 Å². The fourth-order valence-corrected chi connectivity index (χ4v) is 1.75. The first-order valence-electron chi connectivity index (χ1n) is 4.97. The number of nitrogens with two attached hydrogens (primary N) is 1. The highest BCUT2D eigenvalue weighted by Crippen LogP contribution is 2.45. The zero-order valence-electron chi connectivity index (χ0n) is 9.10. The molecule has 0 radical (unpaired) electrons. The summed E-state index contributed by atoms with van der Waals surface area (Å²) in [7, 11) is 1.58. The number of ether oxygens (including phenoxy) is 3. The second kappa shape index (κ2) is 3.58. The Morgan fingerprint density at radius 3 is 2.88 bits per heavy atom. The summed E-state index contributed by atoms with van der Waals surface area (Å²) in [5.41, 5.74) is 7.10. The first kappa shape index (κ1) is 9.83. The van der Waals surface area contributed by atoms with Crippen LogP contribution in [0.2, 0.25) is 0 Å². The van der Waals surface area contributed by atoms with Crippen LogP contribution in [-0.4, -0.2) is 19.1 Å². The Balaban J connectivity index is 2.22. The van der Waals surface area contributed by atoms with Gasteiger partial charge in [0.05, 0.1) is 18.9 Å². The Bertz CT molecular complexity index is 565.